The van der Waals surface area contributed by atoms with Crippen molar-refractivity contribution in [3.63, 3.8) is 0 Å². The molecule has 0 spiro atoms. The molecule has 2 aliphatic rings. The summed E-state index contributed by atoms with van der Waals surface area (Å²) in [5.41, 5.74) is 6.21. The Morgan fingerprint density at radius 2 is 2.25 bits per heavy atom. The second-order valence-electron chi connectivity index (χ2n) is 5.67. The molecule has 3 unspecified atom stereocenters. The first-order valence-electron chi connectivity index (χ1n) is 6.74. The molecule has 2 heterocycles. The quantitative estimate of drug-likeness (QED) is 0.791. The van der Waals surface area contributed by atoms with Gasteiger partial charge in [-0.15, -0.1) is 0 Å². The van der Waals surface area contributed by atoms with Crippen LogP contribution in [0.5, 0.6) is 0 Å². The van der Waals surface area contributed by atoms with Gasteiger partial charge in [-0.1, -0.05) is 6.92 Å². The fourth-order valence-electron chi connectivity index (χ4n) is 3.24. The maximum atomic E-state index is 5.97. The molecule has 2 rings (SSSR count). The molecule has 0 bridgehead atoms. The van der Waals surface area contributed by atoms with E-state index in [0.29, 0.717) is 0 Å². The Balaban J connectivity index is 2.01. The van der Waals surface area contributed by atoms with Gasteiger partial charge in [0.25, 0.3) is 0 Å². The Morgan fingerprint density at radius 3 is 2.81 bits per heavy atom. The standard InChI is InChI=1S/C13H26N2O/c1-3-12-5-4-11(2)15(12)9-13(8-14)6-7-16-10-13/h11-12H,3-10,14H2,1-2H3. The molecule has 3 atom stereocenters. The second kappa shape index (κ2) is 5.03. The number of hydrogen-bond donors (Lipinski definition) is 1. The van der Waals surface area contributed by atoms with Gasteiger partial charge >= 0.3 is 0 Å². The molecule has 2 saturated heterocycles. The lowest BCUT2D eigenvalue weighted by Crippen LogP contribution is -2.47. The molecule has 0 radical (unpaired) electrons. The summed E-state index contributed by atoms with van der Waals surface area (Å²) in [6.45, 7) is 8.33. The van der Waals surface area contributed by atoms with Crippen LogP contribution < -0.4 is 5.73 Å². The van der Waals surface area contributed by atoms with Crippen LogP contribution in [0.1, 0.15) is 39.5 Å². The Morgan fingerprint density at radius 1 is 1.44 bits per heavy atom. The molecule has 0 aromatic heterocycles. The van der Waals surface area contributed by atoms with Crippen LogP contribution >= 0.6 is 0 Å². The summed E-state index contributed by atoms with van der Waals surface area (Å²) in [6.07, 6.45) is 5.12. The molecular weight excluding hydrogens is 200 g/mol. The van der Waals surface area contributed by atoms with Gasteiger partial charge in [-0.2, -0.15) is 0 Å². The fourth-order valence-corrected chi connectivity index (χ4v) is 3.24. The van der Waals surface area contributed by atoms with E-state index in [4.69, 9.17) is 10.5 Å². The van der Waals surface area contributed by atoms with Crippen molar-refractivity contribution in [2.24, 2.45) is 11.1 Å². The van der Waals surface area contributed by atoms with Crippen molar-refractivity contribution in [3.05, 3.63) is 0 Å². The molecule has 2 N–H and O–H groups in total. The first-order chi connectivity index (χ1) is 7.71. The highest BCUT2D eigenvalue weighted by Crippen LogP contribution is 2.34. The molecule has 3 heteroatoms. The van der Waals surface area contributed by atoms with E-state index in [2.05, 4.69) is 18.7 Å². The number of nitrogens with two attached hydrogens (primary N) is 1. The summed E-state index contributed by atoms with van der Waals surface area (Å²) < 4.78 is 5.56. The minimum Gasteiger partial charge on any atom is -0.381 e. The van der Waals surface area contributed by atoms with E-state index in [9.17, 15) is 0 Å². The first-order valence-corrected chi connectivity index (χ1v) is 6.74. The summed E-state index contributed by atoms with van der Waals surface area (Å²) in [6, 6.07) is 1.51. The minimum absolute atomic E-state index is 0.242. The Kier molecular flexibility index (Phi) is 3.88. The van der Waals surface area contributed by atoms with Gasteiger partial charge in [-0.05, 0) is 32.6 Å². The molecule has 0 saturated carbocycles. The fraction of sp³-hybridized carbons (Fsp3) is 1.00. The van der Waals surface area contributed by atoms with Gasteiger partial charge in [-0.3, -0.25) is 4.90 Å². The third-order valence-electron chi connectivity index (χ3n) is 4.56. The predicted molar refractivity (Wildman–Crippen MR) is 66.4 cm³/mol. The van der Waals surface area contributed by atoms with E-state index in [-0.39, 0.29) is 5.41 Å². The zero-order valence-electron chi connectivity index (χ0n) is 10.7. The molecule has 94 valence electrons. The van der Waals surface area contributed by atoms with E-state index in [0.717, 1.165) is 44.8 Å². The lowest BCUT2D eigenvalue weighted by atomic mass is 9.86. The summed E-state index contributed by atoms with van der Waals surface area (Å²) in [4.78, 5) is 2.68. The van der Waals surface area contributed by atoms with Crippen LogP contribution in [0, 0.1) is 5.41 Å². The van der Waals surface area contributed by atoms with Crippen molar-refractivity contribution in [1.29, 1.82) is 0 Å². The third kappa shape index (κ3) is 2.27. The van der Waals surface area contributed by atoms with Gasteiger partial charge < -0.3 is 10.5 Å². The van der Waals surface area contributed by atoms with Crippen LogP contribution in [-0.4, -0.2) is 43.3 Å². The van der Waals surface area contributed by atoms with Crippen LogP contribution in [-0.2, 0) is 4.74 Å². The number of hydrogen-bond acceptors (Lipinski definition) is 3. The van der Waals surface area contributed by atoms with E-state index < -0.39 is 0 Å². The molecule has 0 amide bonds. The normalized spacial score (nSPS) is 40.7. The van der Waals surface area contributed by atoms with E-state index >= 15 is 0 Å². The molecule has 3 nitrogen and oxygen atoms in total. The largest absolute Gasteiger partial charge is 0.381 e. The average molecular weight is 226 g/mol. The molecule has 2 fully saturated rings. The Labute approximate surface area is 99.3 Å². The van der Waals surface area contributed by atoms with Gasteiger partial charge in [0.2, 0.25) is 0 Å². The monoisotopic (exact) mass is 226 g/mol. The lowest BCUT2D eigenvalue weighted by Gasteiger charge is -2.36. The van der Waals surface area contributed by atoms with Gasteiger partial charge in [0.1, 0.15) is 0 Å². The first kappa shape index (κ1) is 12.3. The highest BCUT2D eigenvalue weighted by molar-refractivity contribution is 4.93. The summed E-state index contributed by atoms with van der Waals surface area (Å²) in [7, 11) is 0. The molecule has 2 aliphatic heterocycles. The number of nitrogens with zero attached hydrogens (tertiary/aromatic N) is 1. The van der Waals surface area contributed by atoms with Crippen LogP contribution in [0.2, 0.25) is 0 Å². The summed E-state index contributed by atoms with van der Waals surface area (Å²) in [5.74, 6) is 0. The van der Waals surface area contributed by atoms with Crippen LogP contribution in [0.15, 0.2) is 0 Å². The number of ether oxygens (including phenoxy) is 1. The Bertz CT molecular complexity index is 226. The van der Waals surface area contributed by atoms with Gasteiger partial charge in [0, 0.05) is 37.2 Å². The SMILES string of the molecule is CCC1CCC(C)N1CC1(CN)CCOC1. The van der Waals surface area contributed by atoms with Crippen molar-refractivity contribution >= 4 is 0 Å². The van der Waals surface area contributed by atoms with Crippen molar-refractivity contribution in [3.8, 4) is 0 Å². The smallest absolute Gasteiger partial charge is 0.0547 e. The number of likely N-dealkylation sites (tertiary alicyclic amines) is 1. The average Bonchev–Trinajstić information content (AvgIpc) is 2.89. The third-order valence-corrected chi connectivity index (χ3v) is 4.56. The molecule has 16 heavy (non-hydrogen) atoms. The minimum atomic E-state index is 0.242. The van der Waals surface area contributed by atoms with Crippen LogP contribution in [0.4, 0.5) is 0 Å². The zero-order chi connectivity index (χ0) is 11.6. The topological polar surface area (TPSA) is 38.5 Å². The van der Waals surface area contributed by atoms with Crippen molar-refractivity contribution in [2.75, 3.05) is 26.3 Å². The maximum absolute atomic E-state index is 5.97. The molecular formula is C13H26N2O. The maximum Gasteiger partial charge on any atom is 0.0547 e. The van der Waals surface area contributed by atoms with Crippen LogP contribution in [0.3, 0.4) is 0 Å². The molecule has 0 aromatic rings. The van der Waals surface area contributed by atoms with Crippen molar-refractivity contribution in [2.45, 2.75) is 51.6 Å². The zero-order valence-corrected chi connectivity index (χ0v) is 10.7. The highest BCUT2D eigenvalue weighted by atomic mass is 16.5. The van der Waals surface area contributed by atoms with Gasteiger partial charge in [-0.25, -0.2) is 0 Å². The predicted octanol–water partition coefficient (Wildman–Crippen LogP) is 1.61. The van der Waals surface area contributed by atoms with Crippen molar-refractivity contribution in [1.82, 2.24) is 4.90 Å². The second-order valence-corrected chi connectivity index (χ2v) is 5.67. The van der Waals surface area contributed by atoms with Crippen LogP contribution in [0.25, 0.3) is 0 Å². The Hall–Kier alpha value is -0.120. The lowest BCUT2D eigenvalue weighted by molar-refractivity contribution is 0.0896. The van der Waals surface area contributed by atoms with Gasteiger partial charge in [0.15, 0.2) is 0 Å². The van der Waals surface area contributed by atoms with Gasteiger partial charge in [0.05, 0.1) is 6.61 Å². The molecule has 0 aromatic carbocycles. The van der Waals surface area contributed by atoms with Crippen molar-refractivity contribution < 1.29 is 4.74 Å². The van der Waals surface area contributed by atoms with E-state index in [1.54, 1.807) is 0 Å². The van der Waals surface area contributed by atoms with E-state index in [1.807, 2.05) is 0 Å². The van der Waals surface area contributed by atoms with E-state index in [1.165, 1.54) is 19.3 Å². The number of rotatable bonds is 4. The summed E-state index contributed by atoms with van der Waals surface area (Å²) >= 11 is 0. The summed E-state index contributed by atoms with van der Waals surface area (Å²) in [5, 5.41) is 0. The molecule has 0 aliphatic carbocycles. The highest BCUT2D eigenvalue weighted by Gasteiger charge is 2.40.